The SMILES string of the molecule is Clc1cc2oc3ccccc3c2c2nc(-c3ccc(-c4ccccc4)cc3)sc12. The highest BCUT2D eigenvalue weighted by atomic mass is 35.5. The molecule has 0 spiro atoms. The summed E-state index contributed by atoms with van der Waals surface area (Å²) in [4.78, 5) is 4.97. The molecule has 0 aliphatic heterocycles. The van der Waals surface area contributed by atoms with Gasteiger partial charge in [-0.15, -0.1) is 11.3 Å². The summed E-state index contributed by atoms with van der Waals surface area (Å²) in [5, 5.41) is 3.74. The van der Waals surface area contributed by atoms with Crippen molar-refractivity contribution in [1.82, 2.24) is 4.98 Å². The molecule has 0 fully saturated rings. The van der Waals surface area contributed by atoms with Gasteiger partial charge in [-0.05, 0) is 17.2 Å². The van der Waals surface area contributed by atoms with Gasteiger partial charge >= 0.3 is 0 Å². The Morgan fingerprint density at radius 1 is 0.724 bits per heavy atom. The Labute approximate surface area is 176 Å². The molecule has 0 bridgehead atoms. The minimum Gasteiger partial charge on any atom is -0.456 e. The summed E-state index contributed by atoms with van der Waals surface area (Å²) in [6.45, 7) is 0. The van der Waals surface area contributed by atoms with Gasteiger partial charge in [-0.25, -0.2) is 4.98 Å². The molecule has 0 atom stereocenters. The van der Waals surface area contributed by atoms with E-state index in [1.54, 1.807) is 11.3 Å². The lowest BCUT2D eigenvalue weighted by atomic mass is 10.0. The van der Waals surface area contributed by atoms with Crippen molar-refractivity contribution in [3.63, 3.8) is 0 Å². The number of halogens is 1. The monoisotopic (exact) mass is 411 g/mol. The fourth-order valence-electron chi connectivity index (χ4n) is 3.80. The maximum atomic E-state index is 6.58. The van der Waals surface area contributed by atoms with Gasteiger partial charge in [0.2, 0.25) is 0 Å². The van der Waals surface area contributed by atoms with Gasteiger partial charge in [0, 0.05) is 17.0 Å². The predicted molar refractivity (Wildman–Crippen MR) is 123 cm³/mol. The molecule has 6 rings (SSSR count). The number of aromatic nitrogens is 1. The van der Waals surface area contributed by atoms with Crippen LogP contribution >= 0.6 is 22.9 Å². The number of furan rings is 1. The first-order valence-electron chi connectivity index (χ1n) is 9.34. The highest BCUT2D eigenvalue weighted by Crippen LogP contribution is 2.42. The standard InChI is InChI=1S/C25H14ClNOS/c26-19-14-21-22(18-8-4-5-9-20(18)28-21)23-24(19)29-25(27-23)17-12-10-16(11-13-17)15-6-2-1-3-7-15/h1-14H. The molecule has 0 N–H and O–H groups in total. The Morgan fingerprint density at radius 3 is 2.24 bits per heavy atom. The van der Waals surface area contributed by atoms with Gasteiger partial charge in [-0.2, -0.15) is 0 Å². The quantitative estimate of drug-likeness (QED) is 0.287. The lowest BCUT2D eigenvalue weighted by molar-refractivity contribution is 0.669. The van der Waals surface area contributed by atoms with E-state index in [2.05, 4.69) is 54.6 Å². The zero-order valence-corrected chi connectivity index (χ0v) is 16.8. The molecule has 2 heterocycles. The first kappa shape index (κ1) is 16.8. The molecule has 6 aromatic rings. The third-order valence-corrected chi connectivity index (χ3v) is 6.75. The molecule has 0 unspecified atom stereocenters. The number of hydrogen-bond acceptors (Lipinski definition) is 3. The van der Waals surface area contributed by atoms with E-state index < -0.39 is 0 Å². The minimum absolute atomic E-state index is 0.677. The Hall–Kier alpha value is -3.14. The zero-order valence-electron chi connectivity index (χ0n) is 15.2. The molecule has 2 aromatic heterocycles. The Morgan fingerprint density at radius 2 is 1.41 bits per heavy atom. The smallest absolute Gasteiger partial charge is 0.139 e. The topological polar surface area (TPSA) is 26.0 Å². The number of nitrogens with zero attached hydrogens (tertiary/aromatic N) is 1. The molecular weight excluding hydrogens is 398 g/mol. The average molecular weight is 412 g/mol. The number of rotatable bonds is 2. The van der Waals surface area contributed by atoms with Crippen LogP contribution < -0.4 is 0 Å². The van der Waals surface area contributed by atoms with E-state index in [0.29, 0.717) is 5.02 Å². The van der Waals surface area contributed by atoms with E-state index in [1.807, 2.05) is 30.3 Å². The largest absolute Gasteiger partial charge is 0.456 e. The average Bonchev–Trinajstić information content (AvgIpc) is 3.36. The summed E-state index contributed by atoms with van der Waals surface area (Å²) >= 11 is 8.20. The number of thiazole rings is 1. The lowest BCUT2D eigenvalue weighted by Gasteiger charge is -2.02. The van der Waals surface area contributed by atoms with Crippen molar-refractivity contribution >= 4 is 55.1 Å². The molecule has 4 heteroatoms. The van der Waals surface area contributed by atoms with Crippen LogP contribution in [-0.4, -0.2) is 4.98 Å². The van der Waals surface area contributed by atoms with Gasteiger partial charge in [0.15, 0.2) is 0 Å². The molecule has 0 aliphatic carbocycles. The van der Waals surface area contributed by atoms with Crippen LogP contribution in [0.15, 0.2) is 89.3 Å². The molecule has 0 radical (unpaired) electrons. The van der Waals surface area contributed by atoms with Crippen LogP contribution in [0.3, 0.4) is 0 Å². The Balaban J connectivity index is 1.53. The van der Waals surface area contributed by atoms with Gasteiger partial charge in [0.05, 0.1) is 20.6 Å². The van der Waals surface area contributed by atoms with E-state index in [0.717, 1.165) is 42.7 Å². The van der Waals surface area contributed by atoms with Crippen LogP contribution in [0.1, 0.15) is 0 Å². The van der Waals surface area contributed by atoms with Gasteiger partial charge < -0.3 is 4.42 Å². The summed E-state index contributed by atoms with van der Waals surface area (Å²) in [7, 11) is 0. The number of fused-ring (bicyclic) bond motifs is 5. The molecule has 2 nitrogen and oxygen atoms in total. The van der Waals surface area contributed by atoms with Crippen molar-refractivity contribution < 1.29 is 4.42 Å². The minimum atomic E-state index is 0.677. The summed E-state index contributed by atoms with van der Waals surface area (Å²) < 4.78 is 6.99. The van der Waals surface area contributed by atoms with Crippen molar-refractivity contribution in [3.05, 3.63) is 90.0 Å². The summed E-state index contributed by atoms with van der Waals surface area (Å²) in [6.07, 6.45) is 0. The first-order chi connectivity index (χ1) is 14.3. The third-order valence-electron chi connectivity index (χ3n) is 5.20. The van der Waals surface area contributed by atoms with Crippen LogP contribution in [0, 0.1) is 0 Å². The number of benzene rings is 4. The number of hydrogen-bond donors (Lipinski definition) is 0. The van der Waals surface area contributed by atoms with Crippen molar-refractivity contribution in [1.29, 1.82) is 0 Å². The van der Waals surface area contributed by atoms with E-state index >= 15 is 0 Å². The second kappa shape index (κ2) is 6.45. The molecule has 29 heavy (non-hydrogen) atoms. The molecule has 0 aliphatic rings. The van der Waals surface area contributed by atoms with Crippen molar-refractivity contribution in [3.8, 4) is 21.7 Å². The van der Waals surface area contributed by atoms with E-state index in [4.69, 9.17) is 21.0 Å². The summed E-state index contributed by atoms with van der Waals surface area (Å²) in [5.74, 6) is 0. The highest BCUT2D eigenvalue weighted by molar-refractivity contribution is 7.22. The third kappa shape index (κ3) is 2.66. The first-order valence-corrected chi connectivity index (χ1v) is 10.5. The molecule has 4 aromatic carbocycles. The fraction of sp³-hybridized carbons (Fsp3) is 0. The van der Waals surface area contributed by atoms with E-state index in [1.165, 1.54) is 11.1 Å². The van der Waals surface area contributed by atoms with Crippen LogP contribution in [0.5, 0.6) is 0 Å². The summed E-state index contributed by atoms with van der Waals surface area (Å²) in [5.41, 5.74) is 6.02. The zero-order chi connectivity index (χ0) is 19.4. The lowest BCUT2D eigenvalue weighted by Crippen LogP contribution is -1.79. The molecule has 138 valence electrons. The Bertz CT molecular complexity index is 1500. The molecule has 0 amide bonds. The second-order valence-electron chi connectivity index (χ2n) is 6.97. The molecule has 0 saturated carbocycles. The second-order valence-corrected chi connectivity index (χ2v) is 8.38. The van der Waals surface area contributed by atoms with Gasteiger partial charge in [0.25, 0.3) is 0 Å². The highest BCUT2D eigenvalue weighted by Gasteiger charge is 2.17. The van der Waals surface area contributed by atoms with E-state index in [9.17, 15) is 0 Å². The van der Waals surface area contributed by atoms with Gasteiger partial charge in [0.1, 0.15) is 16.2 Å². The molecular formula is C25H14ClNOS. The fourth-order valence-corrected chi connectivity index (χ4v) is 5.09. The van der Waals surface area contributed by atoms with Crippen LogP contribution in [0.25, 0.3) is 53.9 Å². The van der Waals surface area contributed by atoms with Crippen LogP contribution in [-0.2, 0) is 0 Å². The predicted octanol–water partition coefficient (Wildman–Crippen LogP) is 8.18. The van der Waals surface area contributed by atoms with Crippen molar-refractivity contribution in [2.24, 2.45) is 0 Å². The Kier molecular flexibility index (Phi) is 3.73. The van der Waals surface area contributed by atoms with Crippen LogP contribution in [0.2, 0.25) is 5.02 Å². The van der Waals surface area contributed by atoms with Gasteiger partial charge in [-0.3, -0.25) is 0 Å². The van der Waals surface area contributed by atoms with Crippen molar-refractivity contribution in [2.75, 3.05) is 0 Å². The van der Waals surface area contributed by atoms with Crippen molar-refractivity contribution in [2.45, 2.75) is 0 Å². The molecule has 0 saturated heterocycles. The van der Waals surface area contributed by atoms with Crippen LogP contribution in [0.4, 0.5) is 0 Å². The van der Waals surface area contributed by atoms with E-state index in [-0.39, 0.29) is 0 Å². The summed E-state index contributed by atoms with van der Waals surface area (Å²) in [6, 6.07) is 28.9. The maximum Gasteiger partial charge on any atom is 0.139 e. The normalized spacial score (nSPS) is 11.6. The maximum absolute atomic E-state index is 6.58. The number of para-hydroxylation sites is 1. The van der Waals surface area contributed by atoms with Gasteiger partial charge in [-0.1, -0.05) is 84.4 Å².